The Morgan fingerprint density at radius 3 is 2.14 bits per heavy atom. The number of ether oxygens (including phenoxy) is 2. The zero-order valence-electron chi connectivity index (χ0n) is 15.3. The van der Waals surface area contributed by atoms with Gasteiger partial charge in [0, 0.05) is 24.5 Å². The third-order valence-corrected chi connectivity index (χ3v) is 5.07. The van der Waals surface area contributed by atoms with Gasteiger partial charge in [0.25, 0.3) is 0 Å². The van der Waals surface area contributed by atoms with Gasteiger partial charge in [0.15, 0.2) is 11.1 Å². The Morgan fingerprint density at radius 1 is 1.07 bits per heavy atom. The maximum Gasteiger partial charge on any atom is 0.153 e. The number of aryl methyl sites for hydroxylation is 1. The number of rotatable bonds is 9. The zero-order valence-corrected chi connectivity index (χ0v) is 16.9. The lowest BCUT2D eigenvalue weighted by molar-refractivity contribution is 0.217. The van der Waals surface area contributed by atoms with E-state index in [1.54, 1.807) is 30.5 Å². The molecule has 0 aliphatic rings. The Balaban J connectivity index is 1.57. The van der Waals surface area contributed by atoms with Gasteiger partial charge in [-0.05, 0) is 42.0 Å². The van der Waals surface area contributed by atoms with Gasteiger partial charge in [-0.3, -0.25) is 0 Å². The molecule has 0 aliphatic carbocycles. The molecule has 0 fully saturated rings. The SMILES string of the molecule is Cn1ccnc1C(CS(=O)O)c1ccc(OCCOc2ccc(Cl)cc2)cc1. The third kappa shape index (κ3) is 5.58. The highest BCUT2D eigenvalue weighted by atomic mass is 35.5. The standard InChI is InChI=1S/C20H21ClN2O4S/c1-23-11-10-22-20(23)19(14-28(24)25)15-2-6-17(7-3-15)26-12-13-27-18-8-4-16(21)5-9-18/h2-11,19H,12-14H2,1H3,(H,24,25). The van der Waals surface area contributed by atoms with E-state index in [2.05, 4.69) is 4.98 Å². The van der Waals surface area contributed by atoms with Crippen molar-refractivity contribution in [1.82, 2.24) is 9.55 Å². The fourth-order valence-electron chi connectivity index (χ4n) is 2.82. The summed E-state index contributed by atoms with van der Waals surface area (Å²) < 4.78 is 33.9. The Hall–Kier alpha value is -2.35. The summed E-state index contributed by atoms with van der Waals surface area (Å²) >= 11 is 3.91. The van der Waals surface area contributed by atoms with Crippen LogP contribution < -0.4 is 9.47 Å². The van der Waals surface area contributed by atoms with Gasteiger partial charge in [0.2, 0.25) is 0 Å². The van der Waals surface area contributed by atoms with E-state index in [1.165, 1.54) is 0 Å². The molecule has 1 N–H and O–H groups in total. The molecule has 3 aromatic rings. The summed E-state index contributed by atoms with van der Waals surface area (Å²) in [4.78, 5) is 4.32. The van der Waals surface area contributed by atoms with E-state index in [4.69, 9.17) is 21.1 Å². The lowest BCUT2D eigenvalue weighted by Crippen LogP contribution is -2.15. The maximum atomic E-state index is 11.4. The lowest BCUT2D eigenvalue weighted by atomic mass is 10.00. The molecule has 2 aromatic carbocycles. The van der Waals surface area contributed by atoms with Gasteiger partial charge >= 0.3 is 0 Å². The van der Waals surface area contributed by atoms with Crippen molar-refractivity contribution in [1.29, 1.82) is 0 Å². The van der Waals surface area contributed by atoms with Crippen molar-refractivity contribution in [2.45, 2.75) is 5.92 Å². The predicted octanol–water partition coefficient (Wildman–Crippen LogP) is 3.88. The van der Waals surface area contributed by atoms with Crippen molar-refractivity contribution in [3.8, 4) is 11.5 Å². The molecule has 3 rings (SSSR count). The summed E-state index contributed by atoms with van der Waals surface area (Å²) in [5.74, 6) is 1.99. The van der Waals surface area contributed by atoms with Crippen LogP contribution in [0.3, 0.4) is 0 Å². The molecule has 0 bridgehead atoms. The second-order valence-electron chi connectivity index (χ2n) is 6.16. The molecule has 0 radical (unpaired) electrons. The van der Waals surface area contributed by atoms with Crippen molar-refractivity contribution >= 4 is 22.7 Å². The molecule has 28 heavy (non-hydrogen) atoms. The normalized spacial score (nSPS) is 13.1. The second-order valence-corrected chi connectivity index (χ2v) is 7.57. The minimum atomic E-state index is -1.93. The molecular weight excluding hydrogens is 400 g/mol. The van der Waals surface area contributed by atoms with Gasteiger partial charge in [-0.15, -0.1) is 0 Å². The van der Waals surface area contributed by atoms with E-state index in [9.17, 15) is 8.76 Å². The average Bonchev–Trinajstić information content (AvgIpc) is 3.11. The first-order valence-electron chi connectivity index (χ1n) is 8.68. The van der Waals surface area contributed by atoms with Gasteiger partial charge in [-0.1, -0.05) is 23.7 Å². The molecule has 148 valence electrons. The molecule has 1 aromatic heterocycles. The molecule has 0 aliphatic heterocycles. The Kier molecular flexibility index (Phi) is 7.08. The van der Waals surface area contributed by atoms with Crippen LogP contribution in [0.4, 0.5) is 0 Å². The second kappa shape index (κ2) is 9.73. The number of hydrogen-bond acceptors (Lipinski definition) is 4. The van der Waals surface area contributed by atoms with E-state index < -0.39 is 11.1 Å². The summed E-state index contributed by atoms with van der Waals surface area (Å²) in [6.45, 7) is 0.800. The van der Waals surface area contributed by atoms with Crippen LogP contribution in [0, 0.1) is 0 Å². The third-order valence-electron chi connectivity index (χ3n) is 4.20. The molecule has 1 heterocycles. The van der Waals surface area contributed by atoms with Gasteiger partial charge in [0.1, 0.15) is 30.5 Å². The highest BCUT2D eigenvalue weighted by Crippen LogP contribution is 2.26. The van der Waals surface area contributed by atoms with Crippen LogP contribution >= 0.6 is 11.6 Å². The molecule has 0 spiro atoms. The van der Waals surface area contributed by atoms with E-state index in [0.29, 0.717) is 24.0 Å². The molecule has 6 nitrogen and oxygen atoms in total. The molecule has 2 unspecified atom stereocenters. The Labute approximate surface area is 171 Å². The molecule has 0 amide bonds. The largest absolute Gasteiger partial charge is 0.490 e. The van der Waals surface area contributed by atoms with E-state index in [1.807, 2.05) is 42.1 Å². The number of imidazole rings is 1. The lowest BCUT2D eigenvalue weighted by Gasteiger charge is -2.16. The molecular formula is C20H21ClN2O4S. The van der Waals surface area contributed by atoms with Crippen molar-refractivity contribution in [2.24, 2.45) is 7.05 Å². The maximum absolute atomic E-state index is 11.4. The number of halogens is 1. The van der Waals surface area contributed by atoms with Crippen LogP contribution in [0.1, 0.15) is 17.3 Å². The van der Waals surface area contributed by atoms with E-state index in [0.717, 1.165) is 17.1 Å². The zero-order chi connectivity index (χ0) is 19.9. The van der Waals surface area contributed by atoms with E-state index >= 15 is 0 Å². The first kappa shape index (κ1) is 20.4. The first-order chi connectivity index (χ1) is 13.5. The fraction of sp³-hybridized carbons (Fsp3) is 0.250. The Morgan fingerprint density at radius 2 is 1.64 bits per heavy atom. The number of aromatic nitrogens is 2. The first-order valence-corrected chi connectivity index (χ1v) is 10.3. The smallest absolute Gasteiger partial charge is 0.153 e. The molecule has 0 saturated carbocycles. The quantitative estimate of drug-likeness (QED) is 0.420. The van der Waals surface area contributed by atoms with Gasteiger partial charge < -0.3 is 18.6 Å². The minimum absolute atomic E-state index is 0.0833. The van der Waals surface area contributed by atoms with Crippen molar-refractivity contribution in [3.63, 3.8) is 0 Å². The van der Waals surface area contributed by atoms with Crippen molar-refractivity contribution in [2.75, 3.05) is 19.0 Å². The summed E-state index contributed by atoms with van der Waals surface area (Å²) in [5.41, 5.74) is 0.904. The molecule has 2 atom stereocenters. The highest BCUT2D eigenvalue weighted by Gasteiger charge is 2.20. The summed E-state index contributed by atoms with van der Waals surface area (Å²) in [6.07, 6.45) is 3.50. The number of hydrogen-bond donors (Lipinski definition) is 1. The van der Waals surface area contributed by atoms with Crippen LogP contribution in [-0.4, -0.2) is 37.3 Å². The minimum Gasteiger partial charge on any atom is -0.490 e. The monoisotopic (exact) mass is 420 g/mol. The van der Waals surface area contributed by atoms with Gasteiger partial charge in [-0.2, -0.15) is 0 Å². The van der Waals surface area contributed by atoms with Crippen LogP contribution in [0.5, 0.6) is 11.5 Å². The number of nitrogens with zero attached hydrogens (tertiary/aromatic N) is 2. The summed E-state index contributed by atoms with van der Waals surface area (Å²) in [7, 11) is 1.87. The molecule has 0 saturated heterocycles. The summed E-state index contributed by atoms with van der Waals surface area (Å²) in [5, 5.41) is 0.664. The van der Waals surface area contributed by atoms with Gasteiger partial charge in [-0.25, -0.2) is 9.19 Å². The van der Waals surface area contributed by atoms with Crippen molar-refractivity contribution in [3.05, 3.63) is 77.3 Å². The van der Waals surface area contributed by atoms with Crippen LogP contribution in [0.25, 0.3) is 0 Å². The van der Waals surface area contributed by atoms with Crippen LogP contribution in [-0.2, 0) is 18.1 Å². The van der Waals surface area contributed by atoms with Gasteiger partial charge in [0.05, 0.1) is 11.7 Å². The number of benzene rings is 2. The fourth-order valence-corrected chi connectivity index (χ4v) is 3.57. The van der Waals surface area contributed by atoms with E-state index in [-0.39, 0.29) is 11.7 Å². The molecule has 8 heteroatoms. The average molecular weight is 421 g/mol. The van der Waals surface area contributed by atoms with Crippen molar-refractivity contribution < 1.29 is 18.2 Å². The Bertz CT molecular complexity index is 913. The predicted molar refractivity (Wildman–Crippen MR) is 110 cm³/mol. The summed E-state index contributed by atoms with van der Waals surface area (Å²) in [6, 6.07) is 14.6. The van der Waals surface area contributed by atoms with Crippen LogP contribution in [0.15, 0.2) is 60.9 Å². The highest BCUT2D eigenvalue weighted by molar-refractivity contribution is 7.79. The van der Waals surface area contributed by atoms with Crippen LogP contribution in [0.2, 0.25) is 5.02 Å². The topological polar surface area (TPSA) is 73.6 Å².